The smallest absolute Gasteiger partial charge is 0.0474 e. The van der Waals surface area contributed by atoms with Crippen molar-refractivity contribution in [1.29, 1.82) is 0 Å². The topological polar surface area (TPSA) is 47.3 Å². The molecule has 3 nitrogen and oxygen atoms in total. The fraction of sp³-hybridized carbons (Fsp3) is 1.00. The zero-order valence-electron chi connectivity index (χ0n) is 5.02. The van der Waals surface area contributed by atoms with Gasteiger partial charge in [-0.05, 0) is 6.42 Å². The fourth-order valence-corrected chi connectivity index (χ4v) is 0.319. The van der Waals surface area contributed by atoms with Crippen LogP contribution in [0.4, 0.5) is 0 Å². The predicted octanol–water partition coefficient (Wildman–Crippen LogP) is -0.0920. The molecule has 0 saturated heterocycles. The molecule has 0 radical (unpaired) electrons. The number of nitrogens with one attached hydrogen (secondary N) is 1. The quantitative estimate of drug-likeness (QED) is 0.326. The van der Waals surface area contributed by atoms with E-state index in [9.17, 15) is 0 Å². The van der Waals surface area contributed by atoms with Crippen LogP contribution in [0.15, 0.2) is 0 Å². The van der Waals surface area contributed by atoms with Crippen molar-refractivity contribution >= 4 is 12.4 Å². The van der Waals surface area contributed by atoms with Crippen LogP contribution >= 0.6 is 12.4 Å². The summed E-state index contributed by atoms with van der Waals surface area (Å²) in [5.41, 5.74) is 2.52. The second-order valence-corrected chi connectivity index (χ2v) is 1.30. The molecule has 0 aliphatic heterocycles. The maximum atomic E-state index is 4.96. The normalized spacial score (nSPS) is 8.25. The van der Waals surface area contributed by atoms with Crippen LogP contribution in [0.3, 0.4) is 0 Å². The average molecular weight is 141 g/mol. The molecule has 0 aliphatic carbocycles. The first-order valence-corrected chi connectivity index (χ1v) is 2.34. The lowest BCUT2D eigenvalue weighted by atomic mass is 10.5. The van der Waals surface area contributed by atoms with Gasteiger partial charge in [0.25, 0.3) is 0 Å². The second-order valence-electron chi connectivity index (χ2n) is 1.30. The Kier molecular flexibility index (Phi) is 14.1. The first-order chi connectivity index (χ1) is 3.41. The van der Waals surface area contributed by atoms with E-state index in [2.05, 4.69) is 5.43 Å². The Morgan fingerprint density at radius 1 is 1.62 bits per heavy atom. The summed E-state index contributed by atoms with van der Waals surface area (Å²) in [6, 6.07) is 0. The summed E-state index contributed by atoms with van der Waals surface area (Å²) in [6.45, 7) is 1.61. The van der Waals surface area contributed by atoms with E-state index in [1.807, 2.05) is 0 Å². The van der Waals surface area contributed by atoms with Crippen LogP contribution in [-0.2, 0) is 4.74 Å². The Hall–Kier alpha value is 0.170. The van der Waals surface area contributed by atoms with Gasteiger partial charge in [0.2, 0.25) is 0 Å². The highest BCUT2D eigenvalue weighted by Crippen LogP contribution is 1.72. The molecule has 0 spiro atoms. The van der Waals surface area contributed by atoms with Gasteiger partial charge in [-0.2, -0.15) is 0 Å². The van der Waals surface area contributed by atoms with Gasteiger partial charge in [-0.1, -0.05) is 0 Å². The monoisotopic (exact) mass is 140 g/mol. The number of nitrogens with two attached hydrogens (primary N) is 1. The molecule has 8 heavy (non-hydrogen) atoms. The molecule has 52 valence electrons. The number of methoxy groups -OCH3 is 1. The van der Waals surface area contributed by atoms with Crippen molar-refractivity contribution in [2.24, 2.45) is 5.84 Å². The Morgan fingerprint density at radius 3 is 2.62 bits per heavy atom. The van der Waals surface area contributed by atoms with Crippen LogP contribution in [0.2, 0.25) is 0 Å². The molecule has 0 amide bonds. The minimum Gasteiger partial charge on any atom is -0.385 e. The van der Waals surface area contributed by atoms with Gasteiger partial charge in [-0.3, -0.25) is 11.3 Å². The van der Waals surface area contributed by atoms with Crippen LogP contribution in [-0.4, -0.2) is 20.3 Å². The maximum absolute atomic E-state index is 4.96. The minimum atomic E-state index is 0. The highest BCUT2D eigenvalue weighted by Gasteiger charge is 1.78. The van der Waals surface area contributed by atoms with Gasteiger partial charge in [0.15, 0.2) is 0 Å². The van der Waals surface area contributed by atoms with Crippen molar-refractivity contribution in [3.05, 3.63) is 0 Å². The van der Waals surface area contributed by atoms with Crippen molar-refractivity contribution in [3.63, 3.8) is 0 Å². The van der Waals surface area contributed by atoms with Gasteiger partial charge in [-0.25, -0.2) is 0 Å². The van der Waals surface area contributed by atoms with Crippen molar-refractivity contribution in [1.82, 2.24) is 5.43 Å². The van der Waals surface area contributed by atoms with E-state index in [4.69, 9.17) is 10.6 Å². The van der Waals surface area contributed by atoms with Crippen LogP contribution in [0.25, 0.3) is 0 Å². The number of rotatable bonds is 4. The number of hydrogen-bond donors (Lipinski definition) is 2. The number of hydrazine groups is 1. The molecule has 0 unspecified atom stereocenters. The molecule has 0 fully saturated rings. The summed E-state index contributed by atoms with van der Waals surface area (Å²) in [7, 11) is 1.68. The van der Waals surface area contributed by atoms with Gasteiger partial charge in [-0.15, -0.1) is 12.4 Å². The molecule has 0 aromatic carbocycles. The van der Waals surface area contributed by atoms with Crippen LogP contribution in [0.1, 0.15) is 6.42 Å². The molecule has 0 saturated carbocycles. The summed E-state index contributed by atoms with van der Waals surface area (Å²) in [4.78, 5) is 0. The molecule has 0 rings (SSSR count). The third kappa shape index (κ3) is 9.48. The third-order valence-corrected chi connectivity index (χ3v) is 0.670. The Labute approximate surface area is 56.0 Å². The summed E-state index contributed by atoms with van der Waals surface area (Å²) in [5.74, 6) is 4.96. The largest absolute Gasteiger partial charge is 0.385 e. The Bertz CT molecular complexity index is 33.2. The highest BCUT2D eigenvalue weighted by molar-refractivity contribution is 5.85. The first-order valence-electron chi connectivity index (χ1n) is 2.34. The van der Waals surface area contributed by atoms with Crippen molar-refractivity contribution in [2.45, 2.75) is 6.42 Å². The van der Waals surface area contributed by atoms with Crippen molar-refractivity contribution in [3.8, 4) is 0 Å². The van der Waals surface area contributed by atoms with E-state index in [1.54, 1.807) is 7.11 Å². The minimum absolute atomic E-state index is 0. The molecule has 0 aromatic rings. The average Bonchev–Trinajstić information content (AvgIpc) is 1.69. The van der Waals surface area contributed by atoms with Crippen LogP contribution < -0.4 is 11.3 Å². The lowest BCUT2D eigenvalue weighted by Crippen LogP contribution is -2.23. The van der Waals surface area contributed by atoms with Gasteiger partial charge >= 0.3 is 0 Å². The maximum Gasteiger partial charge on any atom is 0.0474 e. The summed E-state index contributed by atoms with van der Waals surface area (Å²) < 4.78 is 4.75. The molecular weight excluding hydrogens is 128 g/mol. The van der Waals surface area contributed by atoms with E-state index in [-0.39, 0.29) is 12.4 Å². The standard InChI is InChI=1S/C4H12N2O.ClH/c1-7-4-2-3-6-5;/h6H,2-5H2,1H3;1H. The molecule has 0 aliphatic rings. The summed E-state index contributed by atoms with van der Waals surface area (Å²) in [5, 5.41) is 0. The van der Waals surface area contributed by atoms with Gasteiger partial charge in [0.1, 0.15) is 0 Å². The summed E-state index contributed by atoms with van der Waals surface area (Å²) in [6.07, 6.45) is 0.979. The number of hydrogen-bond acceptors (Lipinski definition) is 3. The van der Waals surface area contributed by atoms with E-state index in [1.165, 1.54) is 0 Å². The van der Waals surface area contributed by atoms with E-state index in [0.717, 1.165) is 19.6 Å². The zero-order valence-corrected chi connectivity index (χ0v) is 5.83. The van der Waals surface area contributed by atoms with Crippen LogP contribution in [0, 0.1) is 0 Å². The molecule has 0 aromatic heterocycles. The lowest BCUT2D eigenvalue weighted by molar-refractivity contribution is 0.194. The first kappa shape index (κ1) is 11.0. The van der Waals surface area contributed by atoms with E-state index < -0.39 is 0 Å². The number of ether oxygens (including phenoxy) is 1. The SMILES string of the molecule is COCCCNN.Cl. The van der Waals surface area contributed by atoms with Crippen molar-refractivity contribution < 1.29 is 4.74 Å². The predicted molar refractivity (Wildman–Crippen MR) is 35.9 cm³/mol. The third-order valence-electron chi connectivity index (χ3n) is 0.670. The molecular formula is C4H13ClN2O. The van der Waals surface area contributed by atoms with Crippen LogP contribution in [0.5, 0.6) is 0 Å². The van der Waals surface area contributed by atoms with Gasteiger partial charge < -0.3 is 4.74 Å². The second kappa shape index (κ2) is 10.2. The van der Waals surface area contributed by atoms with E-state index >= 15 is 0 Å². The van der Waals surface area contributed by atoms with E-state index in [0.29, 0.717) is 0 Å². The fourth-order valence-electron chi connectivity index (χ4n) is 0.319. The number of halogens is 1. The summed E-state index contributed by atoms with van der Waals surface area (Å²) >= 11 is 0. The lowest BCUT2D eigenvalue weighted by Gasteiger charge is -1.94. The van der Waals surface area contributed by atoms with Crippen molar-refractivity contribution in [2.75, 3.05) is 20.3 Å². The zero-order chi connectivity index (χ0) is 5.54. The van der Waals surface area contributed by atoms with Gasteiger partial charge in [0.05, 0.1) is 0 Å². The highest BCUT2D eigenvalue weighted by atomic mass is 35.5. The Morgan fingerprint density at radius 2 is 2.25 bits per heavy atom. The Balaban J connectivity index is 0. The molecule has 4 heteroatoms. The molecule has 0 atom stereocenters. The molecule has 0 bridgehead atoms. The molecule has 0 heterocycles. The van der Waals surface area contributed by atoms with Gasteiger partial charge in [0, 0.05) is 20.3 Å². The molecule has 3 N–H and O–H groups in total.